The van der Waals surface area contributed by atoms with Gasteiger partial charge in [-0.1, -0.05) is 12.1 Å². The Bertz CT molecular complexity index is 1220. The number of ether oxygens (including phenoxy) is 2. The molecule has 0 bridgehead atoms. The molecule has 1 aliphatic heterocycles. The number of rotatable bonds is 7. The van der Waals surface area contributed by atoms with E-state index in [1.54, 1.807) is 29.1 Å². The molecular weight excluding hydrogens is 452 g/mol. The molecule has 3 heterocycles. The van der Waals surface area contributed by atoms with Gasteiger partial charge in [0.25, 0.3) is 11.5 Å². The number of amides is 1. The molecule has 0 unspecified atom stereocenters. The van der Waals surface area contributed by atoms with Gasteiger partial charge in [-0.25, -0.2) is 4.98 Å². The van der Waals surface area contributed by atoms with Crippen molar-refractivity contribution in [1.82, 2.24) is 19.4 Å². The first-order chi connectivity index (χ1) is 16.4. The predicted molar refractivity (Wildman–Crippen MR) is 132 cm³/mol. The zero-order valence-electron chi connectivity index (χ0n) is 20.0. The molecule has 1 amide bonds. The molecule has 0 saturated carbocycles. The first kappa shape index (κ1) is 24.0. The largest absolute Gasteiger partial charge is 0.496 e. The number of benzene rings is 1. The van der Waals surface area contributed by atoms with Gasteiger partial charge < -0.3 is 18.9 Å². The molecule has 2 aromatic heterocycles. The van der Waals surface area contributed by atoms with E-state index in [4.69, 9.17) is 9.47 Å². The van der Waals surface area contributed by atoms with Gasteiger partial charge in [0.2, 0.25) is 0 Å². The molecule has 180 valence electrons. The molecule has 4 rings (SSSR count). The Morgan fingerprint density at radius 3 is 2.62 bits per heavy atom. The van der Waals surface area contributed by atoms with Crippen LogP contribution in [0.4, 0.5) is 0 Å². The van der Waals surface area contributed by atoms with Gasteiger partial charge in [0.05, 0.1) is 32.0 Å². The van der Waals surface area contributed by atoms with Crippen molar-refractivity contribution in [2.45, 2.75) is 33.0 Å². The van der Waals surface area contributed by atoms with Gasteiger partial charge in [0.1, 0.15) is 17.1 Å². The molecule has 8 nitrogen and oxygen atoms in total. The highest BCUT2D eigenvalue weighted by molar-refractivity contribution is 7.07. The maximum absolute atomic E-state index is 13.5. The summed E-state index contributed by atoms with van der Waals surface area (Å²) in [5.41, 5.74) is 5.91. The Morgan fingerprint density at radius 2 is 1.94 bits per heavy atom. The van der Waals surface area contributed by atoms with E-state index in [9.17, 15) is 9.59 Å². The van der Waals surface area contributed by atoms with E-state index in [0.717, 1.165) is 35.8 Å². The van der Waals surface area contributed by atoms with Gasteiger partial charge in [-0.15, -0.1) is 11.3 Å². The second-order valence-electron chi connectivity index (χ2n) is 8.50. The normalized spacial score (nSPS) is 13.8. The quantitative estimate of drug-likeness (QED) is 0.515. The van der Waals surface area contributed by atoms with E-state index < -0.39 is 0 Å². The topological polar surface area (TPSA) is 76.9 Å². The molecule has 34 heavy (non-hydrogen) atoms. The maximum atomic E-state index is 13.5. The van der Waals surface area contributed by atoms with Crippen LogP contribution in [0.15, 0.2) is 40.0 Å². The molecule has 1 aliphatic rings. The van der Waals surface area contributed by atoms with Crippen molar-refractivity contribution in [2.24, 2.45) is 0 Å². The molecule has 0 radical (unpaired) electrons. The van der Waals surface area contributed by atoms with Crippen molar-refractivity contribution in [3.63, 3.8) is 0 Å². The van der Waals surface area contributed by atoms with Crippen LogP contribution in [0.5, 0.6) is 11.5 Å². The molecule has 0 fully saturated rings. The third-order valence-corrected chi connectivity index (χ3v) is 6.85. The lowest BCUT2D eigenvalue weighted by Crippen LogP contribution is -2.32. The Morgan fingerprint density at radius 1 is 1.15 bits per heavy atom. The van der Waals surface area contributed by atoms with Gasteiger partial charge in [-0.05, 0) is 24.1 Å². The van der Waals surface area contributed by atoms with Crippen molar-refractivity contribution < 1.29 is 14.3 Å². The molecule has 0 N–H and O–H groups in total. The van der Waals surface area contributed by atoms with E-state index >= 15 is 0 Å². The minimum absolute atomic E-state index is 0.146. The first-order valence-corrected chi connectivity index (χ1v) is 12.1. The number of fused-ring (bicyclic) bond motifs is 1. The Labute approximate surface area is 203 Å². The fourth-order valence-corrected chi connectivity index (χ4v) is 5.01. The number of hydrogen-bond donors (Lipinski definition) is 0. The molecule has 0 spiro atoms. The lowest BCUT2D eigenvalue weighted by Gasteiger charge is -2.22. The number of hydrogen-bond acceptors (Lipinski definition) is 7. The van der Waals surface area contributed by atoms with Crippen LogP contribution in [0.3, 0.4) is 0 Å². The van der Waals surface area contributed by atoms with Crippen molar-refractivity contribution >= 4 is 17.2 Å². The number of pyridine rings is 1. The lowest BCUT2D eigenvalue weighted by atomic mass is 10.1. The van der Waals surface area contributed by atoms with Gasteiger partial charge in [-0.3, -0.25) is 14.5 Å². The minimum Gasteiger partial charge on any atom is -0.496 e. The predicted octanol–water partition coefficient (Wildman–Crippen LogP) is 2.96. The van der Waals surface area contributed by atoms with Gasteiger partial charge in [0, 0.05) is 56.8 Å². The van der Waals surface area contributed by atoms with Crippen LogP contribution in [-0.4, -0.2) is 59.6 Å². The maximum Gasteiger partial charge on any atom is 0.259 e. The Kier molecular flexibility index (Phi) is 7.33. The first-order valence-electron chi connectivity index (χ1n) is 11.2. The number of aromatic nitrogens is 2. The summed E-state index contributed by atoms with van der Waals surface area (Å²) in [4.78, 5) is 34.6. The van der Waals surface area contributed by atoms with Crippen LogP contribution >= 0.6 is 11.3 Å². The highest BCUT2D eigenvalue weighted by atomic mass is 32.1. The fourth-order valence-electron chi connectivity index (χ4n) is 4.46. The monoisotopic (exact) mass is 482 g/mol. The van der Waals surface area contributed by atoms with Crippen LogP contribution in [0.1, 0.15) is 32.9 Å². The summed E-state index contributed by atoms with van der Waals surface area (Å²) in [7, 11) is 4.92. The van der Waals surface area contributed by atoms with Crippen LogP contribution in [0, 0.1) is 6.92 Å². The SMILES string of the molecule is COc1ccc(CN2CCc3c(C(=O)N(C)Cc4cscn4)c(OC)cc(=O)n3CC2)cc1C. The summed E-state index contributed by atoms with van der Waals surface area (Å²) in [6, 6.07) is 7.62. The Balaban J connectivity index is 1.59. The molecule has 0 atom stereocenters. The molecular formula is C25H30N4O4S. The van der Waals surface area contributed by atoms with Crippen LogP contribution in [0.2, 0.25) is 0 Å². The number of carbonyl (C=O) groups excluding carboxylic acids is 1. The average Bonchev–Trinajstić information content (AvgIpc) is 3.24. The van der Waals surface area contributed by atoms with E-state index in [0.29, 0.717) is 37.4 Å². The standard InChI is InChI=1S/C25H30N4O4S/c1-17-11-18(5-6-21(17)32-3)13-28-8-7-20-24(22(33-4)12-23(30)29(20)10-9-28)25(31)27(2)14-19-15-34-16-26-19/h5-6,11-12,15-16H,7-10,13-14H2,1-4H3. The van der Waals surface area contributed by atoms with Gasteiger partial charge >= 0.3 is 0 Å². The summed E-state index contributed by atoms with van der Waals surface area (Å²) in [6.45, 7) is 5.15. The van der Waals surface area contributed by atoms with Crippen molar-refractivity contribution in [1.29, 1.82) is 0 Å². The van der Waals surface area contributed by atoms with E-state index in [1.165, 1.54) is 30.1 Å². The van der Waals surface area contributed by atoms with E-state index in [2.05, 4.69) is 22.0 Å². The minimum atomic E-state index is -0.173. The molecule has 1 aromatic carbocycles. The number of carbonyl (C=O) groups is 1. The lowest BCUT2D eigenvalue weighted by molar-refractivity contribution is 0.0777. The highest BCUT2D eigenvalue weighted by Gasteiger charge is 2.27. The number of thiazole rings is 1. The smallest absolute Gasteiger partial charge is 0.259 e. The van der Waals surface area contributed by atoms with E-state index in [-0.39, 0.29) is 11.5 Å². The van der Waals surface area contributed by atoms with E-state index in [1.807, 2.05) is 18.4 Å². The average molecular weight is 483 g/mol. The Hall–Kier alpha value is -3.17. The van der Waals surface area contributed by atoms with Crippen LogP contribution < -0.4 is 15.0 Å². The number of nitrogens with zero attached hydrogens (tertiary/aromatic N) is 4. The number of methoxy groups -OCH3 is 2. The van der Waals surface area contributed by atoms with Gasteiger partial charge in [-0.2, -0.15) is 0 Å². The highest BCUT2D eigenvalue weighted by Crippen LogP contribution is 2.26. The van der Waals surface area contributed by atoms with Crippen LogP contribution in [-0.2, 0) is 26.1 Å². The van der Waals surface area contributed by atoms with Crippen molar-refractivity contribution in [3.05, 3.63) is 73.6 Å². The zero-order valence-corrected chi connectivity index (χ0v) is 20.9. The second kappa shape index (κ2) is 10.4. The fraction of sp³-hybridized carbons (Fsp3) is 0.400. The molecule has 9 heteroatoms. The van der Waals surface area contributed by atoms with Crippen molar-refractivity contribution in [2.75, 3.05) is 34.4 Å². The summed E-state index contributed by atoms with van der Waals surface area (Å²) >= 11 is 1.50. The summed E-state index contributed by atoms with van der Waals surface area (Å²) in [5.74, 6) is 1.02. The van der Waals surface area contributed by atoms with Gasteiger partial charge in [0.15, 0.2) is 0 Å². The molecule has 0 aliphatic carbocycles. The zero-order chi connectivity index (χ0) is 24.2. The molecule has 0 saturated heterocycles. The van der Waals surface area contributed by atoms with Crippen molar-refractivity contribution in [3.8, 4) is 11.5 Å². The summed E-state index contributed by atoms with van der Waals surface area (Å²) in [5, 5.41) is 1.93. The summed E-state index contributed by atoms with van der Waals surface area (Å²) in [6.07, 6.45) is 0.577. The van der Waals surface area contributed by atoms with Crippen LogP contribution in [0.25, 0.3) is 0 Å². The second-order valence-corrected chi connectivity index (χ2v) is 9.21. The number of aryl methyl sites for hydroxylation is 1. The third kappa shape index (κ3) is 5.00. The third-order valence-electron chi connectivity index (χ3n) is 6.21. The molecule has 3 aromatic rings. The summed E-state index contributed by atoms with van der Waals surface area (Å²) < 4.78 is 12.6.